The van der Waals surface area contributed by atoms with Crippen molar-refractivity contribution < 1.29 is 28.1 Å². The first-order chi connectivity index (χ1) is 18.1. The second-order valence-corrected chi connectivity index (χ2v) is 8.00. The number of nitrogens with zero attached hydrogens (tertiary/aromatic N) is 3. The van der Waals surface area contributed by atoms with Gasteiger partial charge in [0, 0.05) is 10.9 Å². The van der Waals surface area contributed by atoms with E-state index in [0.29, 0.717) is 40.9 Å². The zero-order valence-corrected chi connectivity index (χ0v) is 20.8. The van der Waals surface area contributed by atoms with Crippen LogP contribution in [0.5, 0.6) is 28.9 Å². The summed E-state index contributed by atoms with van der Waals surface area (Å²) in [6, 6.07) is 21.0. The molecule has 5 aromatic rings. The van der Waals surface area contributed by atoms with Crippen molar-refractivity contribution in [1.82, 2.24) is 15.2 Å². The Labute approximate surface area is 213 Å². The summed E-state index contributed by atoms with van der Waals surface area (Å²) in [4.78, 5) is 4.63. The topological polar surface area (TPSA) is 98.0 Å². The molecular formula is C28H25N3O6. The molecular weight excluding hydrogens is 474 g/mol. The molecule has 9 nitrogen and oxygen atoms in total. The average molecular weight is 500 g/mol. The average Bonchev–Trinajstić information content (AvgIpc) is 3.45. The van der Waals surface area contributed by atoms with Crippen LogP contribution in [0.3, 0.4) is 0 Å². The zero-order valence-electron chi connectivity index (χ0n) is 20.8. The van der Waals surface area contributed by atoms with E-state index in [9.17, 15) is 0 Å². The fourth-order valence-electron chi connectivity index (χ4n) is 3.93. The molecule has 5 rings (SSSR count). The Morgan fingerprint density at radius 2 is 1.46 bits per heavy atom. The quantitative estimate of drug-likeness (QED) is 0.258. The van der Waals surface area contributed by atoms with Gasteiger partial charge in [0.25, 0.3) is 5.89 Å². The van der Waals surface area contributed by atoms with Gasteiger partial charge < -0.3 is 28.1 Å². The number of rotatable bonds is 9. The minimum absolute atomic E-state index is 0.255. The summed E-state index contributed by atoms with van der Waals surface area (Å²) < 4.78 is 33.8. The molecule has 0 bridgehead atoms. The van der Waals surface area contributed by atoms with Gasteiger partial charge in [-0.3, -0.25) is 0 Å². The van der Waals surface area contributed by atoms with Crippen molar-refractivity contribution >= 4 is 10.9 Å². The van der Waals surface area contributed by atoms with Crippen molar-refractivity contribution in [1.29, 1.82) is 0 Å². The molecule has 0 saturated heterocycles. The third-order valence-corrected chi connectivity index (χ3v) is 5.76. The van der Waals surface area contributed by atoms with Crippen LogP contribution in [0.25, 0.3) is 33.8 Å². The van der Waals surface area contributed by atoms with Gasteiger partial charge in [-0.05, 0) is 42.0 Å². The van der Waals surface area contributed by atoms with Crippen LogP contribution < -0.4 is 23.7 Å². The molecule has 0 radical (unpaired) electrons. The van der Waals surface area contributed by atoms with Crippen LogP contribution in [0.4, 0.5) is 0 Å². The van der Waals surface area contributed by atoms with Gasteiger partial charge in [0.2, 0.25) is 17.5 Å². The van der Waals surface area contributed by atoms with E-state index in [1.54, 1.807) is 40.6 Å². The molecule has 2 aromatic heterocycles. The molecule has 37 heavy (non-hydrogen) atoms. The Kier molecular flexibility index (Phi) is 6.76. The third-order valence-electron chi connectivity index (χ3n) is 5.76. The van der Waals surface area contributed by atoms with E-state index >= 15 is 0 Å². The number of fused-ring (bicyclic) bond motifs is 1. The summed E-state index contributed by atoms with van der Waals surface area (Å²) in [5, 5.41) is 9.32. The number of benzene rings is 3. The number of ether oxygens (including phenoxy) is 5. The second kappa shape index (κ2) is 10.4. The van der Waals surface area contributed by atoms with Crippen LogP contribution >= 0.6 is 0 Å². The Balaban J connectivity index is 1.49. The lowest BCUT2D eigenvalue weighted by Gasteiger charge is -2.12. The summed E-state index contributed by atoms with van der Waals surface area (Å²) in [5.41, 5.74) is 3.00. The monoisotopic (exact) mass is 499 g/mol. The predicted molar refractivity (Wildman–Crippen MR) is 137 cm³/mol. The van der Waals surface area contributed by atoms with Gasteiger partial charge in [0.1, 0.15) is 17.9 Å². The molecule has 0 fully saturated rings. The fourth-order valence-corrected chi connectivity index (χ4v) is 3.93. The van der Waals surface area contributed by atoms with E-state index in [2.05, 4.69) is 15.2 Å². The second-order valence-electron chi connectivity index (χ2n) is 8.00. The first kappa shape index (κ1) is 23.9. The predicted octanol–water partition coefficient (Wildman–Crippen LogP) is 5.57. The van der Waals surface area contributed by atoms with Gasteiger partial charge >= 0.3 is 0 Å². The largest absolute Gasteiger partial charge is 0.493 e. The molecule has 0 aliphatic carbocycles. The van der Waals surface area contributed by atoms with Crippen LogP contribution in [0.1, 0.15) is 5.56 Å². The van der Waals surface area contributed by atoms with Crippen molar-refractivity contribution in [3.8, 4) is 51.8 Å². The first-order valence-corrected chi connectivity index (χ1v) is 11.4. The van der Waals surface area contributed by atoms with Crippen LogP contribution in [-0.4, -0.2) is 43.6 Å². The van der Waals surface area contributed by atoms with E-state index in [-0.39, 0.29) is 11.8 Å². The summed E-state index contributed by atoms with van der Waals surface area (Å²) in [7, 11) is 6.18. The van der Waals surface area contributed by atoms with Gasteiger partial charge in [-0.25, -0.2) is 4.98 Å². The van der Waals surface area contributed by atoms with Gasteiger partial charge in [-0.15, -0.1) is 10.2 Å². The summed E-state index contributed by atoms with van der Waals surface area (Å²) in [6.45, 7) is 0.463. The van der Waals surface area contributed by atoms with E-state index < -0.39 is 0 Å². The minimum atomic E-state index is 0.255. The van der Waals surface area contributed by atoms with E-state index in [1.807, 2.05) is 54.6 Å². The lowest BCUT2D eigenvalue weighted by molar-refractivity contribution is 0.306. The number of methoxy groups -OCH3 is 4. The van der Waals surface area contributed by atoms with Crippen LogP contribution in [0, 0.1) is 0 Å². The van der Waals surface area contributed by atoms with E-state index in [4.69, 9.17) is 28.1 Å². The molecule has 0 amide bonds. The molecule has 0 unspecified atom stereocenters. The molecule has 0 N–H and O–H groups in total. The molecule has 0 spiro atoms. The number of hydrogen-bond acceptors (Lipinski definition) is 9. The van der Waals surface area contributed by atoms with E-state index in [1.165, 1.54) is 0 Å². The molecule has 0 saturated carbocycles. The van der Waals surface area contributed by atoms with Gasteiger partial charge in [0.15, 0.2) is 11.5 Å². The first-order valence-electron chi connectivity index (χ1n) is 11.4. The van der Waals surface area contributed by atoms with Crippen LogP contribution in [0.15, 0.2) is 71.1 Å². The molecule has 2 heterocycles. The highest BCUT2D eigenvalue weighted by atomic mass is 16.5. The highest BCUT2D eigenvalue weighted by molar-refractivity contribution is 5.86. The van der Waals surface area contributed by atoms with Gasteiger partial charge in [-0.2, -0.15) is 0 Å². The van der Waals surface area contributed by atoms with Crippen molar-refractivity contribution in [3.05, 3.63) is 72.3 Å². The fraction of sp³-hybridized carbons (Fsp3) is 0.179. The van der Waals surface area contributed by atoms with Crippen LogP contribution in [0.2, 0.25) is 0 Å². The van der Waals surface area contributed by atoms with Gasteiger partial charge in [-0.1, -0.05) is 30.3 Å². The maximum absolute atomic E-state index is 6.03. The van der Waals surface area contributed by atoms with Crippen LogP contribution in [-0.2, 0) is 6.61 Å². The highest BCUT2D eigenvalue weighted by Crippen LogP contribution is 2.41. The Morgan fingerprint density at radius 3 is 2.14 bits per heavy atom. The highest BCUT2D eigenvalue weighted by Gasteiger charge is 2.20. The minimum Gasteiger partial charge on any atom is -0.493 e. The maximum atomic E-state index is 6.03. The Morgan fingerprint density at radius 1 is 0.730 bits per heavy atom. The molecule has 9 heteroatoms. The number of hydrogen-bond donors (Lipinski definition) is 0. The molecule has 0 aliphatic heterocycles. The zero-order chi connectivity index (χ0) is 25.8. The SMILES string of the molecule is COc1cc(-c2nnc(-c3cc4cc(OCc5ccccc5)ccc4nc3OC)o2)cc(OC)c1OC. The van der Waals surface area contributed by atoms with Crippen molar-refractivity contribution in [2.75, 3.05) is 28.4 Å². The lowest BCUT2D eigenvalue weighted by atomic mass is 10.1. The third kappa shape index (κ3) is 4.84. The lowest BCUT2D eigenvalue weighted by Crippen LogP contribution is -1.96. The number of pyridine rings is 1. The Hall–Kier alpha value is -4.79. The van der Waals surface area contributed by atoms with E-state index in [0.717, 1.165) is 22.2 Å². The standard InChI is InChI=1S/C28H25N3O6/c1-32-23-14-19(15-24(33-2)25(23)34-3)26-30-31-28(37-26)21-13-18-12-20(10-11-22(18)29-27(21)35-4)36-16-17-8-6-5-7-9-17/h5-15H,16H2,1-4H3. The number of aromatic nitrogens is 3. The molecule has 0 aliphatic rings. The molecule has 3 aromatic carbocycles. The smallest absolute Gasteiger partial charge is 0.253 e. The summed E-state index contributed by atoms with van der Waals surface area (Å²) in [5.74, 6) is 3.04. The summed E-state index contributed by atoms with van der Waals surface area (Å²) in [6.07, 6.45) is 0. The normalized spacial score (nSPS) is 10.8. The van der Waals surface area contributed by atoms with Crippen molar-refractivity contribution in [2.45, 2.75) is 6.61 Å². The van der Waals surface area contributed by atoms with Gasteiger partial charge in [0.05, 0.1) is 34.0 Å². The molecule has 188 valence electrons. The summed E-state index contributed by atoms with van der Waals surface area (Å²) >= 11 is 0. The molecule has 0 atom stereocenters. The van der Waals surface area contributed by atoms with Crippen molar-refractivity contribution in [2.24, 2.45) is 0 Å². The van der Waals surface area contributed by atoms with Crippen molar-refractivity contribution in [3.63, 3.8) is 0 Å². The Bertz CT molecular complexity index is 1510. The maximum Gasteiger partial charge on any atom is 0.253 e.